The van der Waals surface area contributed by atoms with Crippen LogP contribution in [-0.4, -0.2) is 21.5 Å². The molecule has 27 heavy (non-hydrogen) atoms. The van der Waals surface area contributed by atoms with Gasteiger partial charge < -0.3 is 10.6 Å². The first kappa shape index (κ1) is 17.0. The molecule has 0 saturated heterocycles. The number of nitrogens with one attached hydrogen (secondary N) is 2. The lowest BCUT2D eigenvalue weighted by Crippen LogP contribution is -2.01. The molecule has 133 valence electrons. The lowest BCUT2D eigenvalue weighted by atomic mass is 10.1. The number of hydrogen-bond donors (Lipinski definition) is 2. The van der Waals surface area contributed by atoms with Gasteiger partial charge in [-0.25, -0.2) is 15.0 Å². The summed E-state index contributed by atoms with van der Waals surface area (Å²) >= 11 is 0. The third-order valence-corrected chi connectivity index (χ3v) is 4.41. The highest BCUT2D eigenvalue weighted by Crippen LogP contribution is 2.42. The van der Waals surface area contributed by atoms with Crippen LogP contribution in [0, 0.1) is 18.3 Å². The van der Waals surface area contributed by atoms with E-state index >= 15 is 0 Å². The zero-order valence-electron chi connectivity index (χ0n) is 14.8. The predicted molar refractivity (Wildman–Crippen MR) is 106 cm³/mol. The van der Waals surface area contributed by atoms with Crippen molar-refractivity contribution in [2.45, 2.75) is 18.8 Å². The van der Waals surface area contributed by atoms with Gasteiger partial charge in [0.15, 0.2) is 0 Å². The van der Waals surface area contributed by atoms with Crippen molar-refractivity contribution in [2.24, 2.45) is 0 Å². The zero-order chi connectivity index (χ0) is 18.6. The van der Waals surface area contributed by atoms with Crippen LogP contribution in [-0.2, 0) is 0 Å². The Kier molecular flexibility index (Phi) is 4.67. The van der Waals surface area contributed by atoms with Crippen LogP contribution >= 0.6 is 0 Å². The molecule has 0 amide bonds. The quantitative estimate of drug-likeness (QED) is 0.686. The number of nitrogens with zero attached hydrogens (tertiary/aromatic N) is 4. The van der Waals surface area contributed by atoms with Gasteiger partial charge in [0, 0.05) is 24.5 Å². The average Bonchev–Trinajstić information content (AvgIpc) is 3.54. The Morgan fingerprint density at radius 3 is 2.67 bits per heavy atom. The zero-order valence-corrected chi connectivity index (χ0v) is 14.8. The van der Waals surface area contributed by atoms with Crippen LogP contribution in [0.3, 0.4) is 0 Å². The third-order valence-electron chi connectivity index (χ3n) is 4.41. The number of rotatable bonds is 6. The highest BCUT2D eigenvalue weighted by atomic mass is 15.1. The minimum atomic E-state index is 0.559. The molecule has 0 unspecified atom stereocenters. The van der Waals surface area contributed by atoms with E-state index in [-0.39, 0.29) is 0 Å². The molecule has 1 aliphatic rings. The molecule has 0 spiro atoms. The van der Waals surface area contributed by atoms with Gasteiger partial charge in [0.1, 0.15) is 17.5 Å². The molecule has 1 aliphatic carbocycles. The van der Waals surface area contributed by atoms with Crippen molar-refractivity contribution in [3.8, 4) is 17.3 Å². The van der Waals surface area contributed by atoms with E-state index in [1.54, 1.807) is 18.3 Å². The van der Waals surface area contributed by atoms with Crippen molar-refractivity contribution < 1.29 is 0 Å². The van der Waals surface area contributed by atoms with E-state index in [4.69, 9.17) is 10.2 Å². The Morgan fingerprint density at radius 1 is 1.07 bits per heavy atom. The summed E-state index contributed by atoms with van der Waals surface area (Å²) < 4.78 is 0. The van der Waals surface area contributed by atoms with E-state index in [1.807, 2.05) is 18.3 Å². The van der Waals surface area contributed by atoms with Gasteiger partial charge in [0.05, 0.1) is 17.3 Å². The van der Waals surface area contributed by atoms with Crippen molar-refractivity contribution in [2.75, 3.05) is 17.2 Å². The number of aromatic nitrogens is 3. The minimum absolute atomic E-state index is 0.559. The Morgan fingerprint density at radius 2 is 1.96 bits per heavy atom. The van der Waals surface area contributed by atoms with Crippen LogP contribution in [0.25, 0.3) is 11.3 Å². The Hall–Kier alpha value is -3.46. The van der Waals surface area contributed by atoms with Crippen LogP contribution in [0.4, 0.5) is 17.5 Å². The van der Waals surface area contributed by atoms with E-state index in [0.29, 0.717) is 23.8 Å². The van der Waals surface area contributed by atoms with Crippen LogP contribution in [0.5, 0.6) is 0 Å². The molecule has 0 atom stereocenters. The Bertz CT molecular complexity index is 986. The van der Waals surface area contributed by atoms with Gasteiger partial charge in [-0.15, -0.1) is 0 Å². The SMILES string of the molecule is [CH2]CNc1ccc(-c2cc(C3CC3)cc(Nc3cc(C#N)ccn3)n2)cn1. The van der Waals surface area contributed by atoms with Gasteiger partial charge >= 0.3 is 0 Å². The van der Waals surface area contributed by atoms with Crippen molar-refractivity contribution >= 4 is 17.5 Å². The number of anilines is 3. The smallest absolute Gasteiger partial charge is 0.132 e. The standard InChI is InChI=1S/C21H19N6/c1-2-23-19-6-5-16(13-25-19)18-10-17(15-3-4-15)11-21(26-18)27-20-9-14(12-22)7-8-24-20/h5-11,13,15H,1-4H2,(H,23,25)(H,24,26,27). The highest BCUT2D eigenvalue weighted by Gasteiger charge is 2.25. The molecule has 1 fully saturated rings. The van der Waals surface area contributed by atoms with Gasteiger partial charge in [0.25, 0.3) is 0 Å². The summed E-state index contributed by atoms with van der Waals surface area (Å²) in [4.78, 5) is 13.4. The van der Waals surface area contributed by atoms with E-state index < -0.39 is 0 Å². The summed E-state index contributed by atoms with van der Waals surface area (Å²) in [5, 5.41) is 15.4. The Labute approximate surface area is 158 Å². The second kappa shape index (κ2) is 7.42. The lowest BCUT2D eigenvalue weighted by molar-refractivity contribution is 1.11. The first-order valence-electron chi connectivity index (χ1n) is 8.90. The Balaban J connectivity index is 1.66. The molecule has 3 aromatic rings. The topological polar surface area (TPSA) is 86.5 Å². The summed E-state index contributed by atoms with van der Waals surface area (Å²) in [5.41, 5.74) is 3.64. The molecule has 0 aromatic carbocycles. The average molecular weight is 355 g/mol. The molecule has 1 radical (unpaired) electrons. The summed E-state index contributed by atoms with van der Waals surface area (Å²) in [6, 6.07) is 13.6. The summed E-state index contributed by atoms with van der Waals surface area (Å²) in [5.74, 6) is 2.71. The lowest BCUT2D eigenvalue weighted by Gasteiger charge is -2.11. The van der Waals surface area contributed by atoms with E-state index in [1.165, 1.54) is 18.4 Å². The van der Waals surface area contributed by atoms with Crippen LogP contribution in [0.15, 0.2) is 48.8 Å². The number of pyridine rings is 3. The molecule has 4 rings (SSSR count). The molecule has 6 heteroatoms. The molecular formula is C21H19N6. The molecular weight excluding hydrogens is 336 g/mol. The molecule has 6 nitrogen and oxygen atoms in total. The molecule has 0 bridgehead atoms. The van der Waals surface area contributed by atoms with Gasteiger partial charge in [0.2, 0.25) is 0 Å². The van der Waals surface area contributed by atoms with Crippen molar-refractivity contribution in [3.63, 3.8) is 0 Å². The summed E-state index contributed by atoms with van der Waals surface area (Å²) in [7, 11) is 0. The normalized spacial score (nSPS) is 13.0. The van der Waals surface area contributed by atoms with Gasteiger partial charge in [-0.3, -0.25) is 0 Å². The fourth-order valence-corrected chi connectivity index (χ4v) is 2.89. The summed E-state index contributed by atoms with van der Waals surface area (Å²) in [6.07, 6.45) is 5.84. The fraction of sp³-hybridized carbons (Fsp3) is 0.190. The number of hydrogen-bond acceptors (Lipinski definition) is 6. The van der Waals surface area contributed by atoms with Gasteiger partial charge in [-0.1, -0.05) is 0 Å². The van der Waals surface area contributed by atoms with Crippen molar-refractivity contribution in [1.29, 1.82) is 5.26 Å². The van der Waals surface area contributed by atoms with E-state index in [2.05, 4.69) is 45.7 Å². The fourth-order valence-electron chi connectivity index (χ4n) is 2.89. The van der Waals surface area contributed by atoms with Gasteiger partial charge in [-0.2, -0.15) is 5.26 Å². The van der Waals surface area contributed by atoms with Crippen LogP contribution < -0.4 is 10.6 Å². The summed E-state index contributed by atoms with van der Waals surface area (Å²) in [6.45, 7) is 4.35. The van der Waals surface area contributed by atoms with E-state index in [9.17, 15) is 0 Å². The molecule has 3 heterocycles. The minimum Gasteiger partial charge on any atom is -0.370 e. The van der Waals surface area contributed by atoms with E-state index in [0.717, 1.165) is 22.9 Å². The molecule has 2 N–H and O–H groups in total. The maximum absolute atomic E-state index is 9.07. The molecule has 3 aromatic heterocycles. The third kappa shape index (κ3) is 4.04. The van der Waals surface area contributed by atoms with Gasteiger partial charge in [-0.05, 0) is 67.6 Å². The first-order chi connectivity index (χ1) is 13.2. The largest absolute Gasteiger partial charge is 0.370 e. The van der Waals surface area contributed by atoms with Crippen molar-refractivity contribution in [1.82, 2.24) is 15.0 Å². The van der Waals surface area contributed by atoms with Crippen LogP contribution in [0.1, 0.15) is 29.9 Å². The highest BCUT2D eigenvalue weighted by molar-refractivity contribution is 5.65. The van der Waals surface area contributed by atoms with Crippen LogP contribution in [0.2, 0.25) is 0 Å². The molecule has 0 aliphatic heterocycles. The molecule has 1 saturated carbocycles. The monoisotopic (exact) mass is 355 g/mol. The maximum atomic E-state index is 9.07. The van der Waals surface area contributed by atoms with Crippen molar-refractivity contribution in [3.05, 3.63) is 66.8 Å². The number of nitriles is 1. The predicted octanol–water partition coefficient (Wildman–Crippen LogP) is 4.28. The maximum Gasteiger partial charge on any atom is 0.132 e. The first-order valence-corrected chi connectivity index (χ1v) is 8.90. The second-order valence-electron chi connectivity index (χ2n) is 6.47. The second-order valence-corrected chi connectivity index (χ2v) is 6.47.